The average Bonchev–Trinajstić information content (AvgIpc) is 3.46. The number of benzene rings is 2. The number of hydrogen-bond donors (Lipinski definition) is 3. The summed E-state index contributed by atoms with van der Waals surface area (Å²) in [6, 6.07) is 15.7. The van der Waals surface area contributed by atoms with Crippen molar-refractivity contribution in [3.8, 4) is 0 Å². The van der Waals surface area contributed by atoms with E-state index in [9.17, 15) is 14.7 Å². The van der Waals surface area contributed by atoms with E-state index in [-0.39, 0.29) is 17.7 Å². The van der Waals surface area contributed by atoms with Crippen LogP contribution >= 0.6 is 0 Å². The number of imidazole rings is 1. The summed E-state index contributed by atoms with van der Waals surface area (Å²) in [5, 5.41) is 13.1. The number of aliphatic hydroxyl groups excluding tert-OH is 1. The third-order valence-electron chi connectivity index (χ3n) is 6.34. The van der Waals surface area contributed by atoms with E-state index in [1.807, 2.05) is 54.6 Å². The minimum atomic E-state index is -1.03. The molecule has 0 aliphatic rings. The number of anilines is 1. The van der Waals surface area contributed by atoms with Crippen LogP contribution < -0.4 is 10.2 Å². The maximum absolute atomic E-state index is 13.9. The molecule has 0 spiro atoms. The summed E-state index contributed by atoms with van der Waals surface area (Å²) >= 11 is 0. The van der Waals surface area contributed by atoms with Crippen molar-refractivity contribution in [3.63, 3.8) is 0 Å². The van der Waals surface area contributed by atoms with Crippen molar-refractivity contribution in [1.29, 1.82) is 0 Å². The van der Waals surface area contributed by atoms with Crippen molar-refractivity contribution in [2.24, 2.45) is 4.99 Å². The number of aliphatic hydroxyl groups is 1. The van der Waals surface area contributed by atoms with Gasteiger partial charge in [-0.1, -0.05) is 69.3 Å². The van der Waals surface area contributed by atoms with E-state index in [4.69, 9.17) is 0 Å². The number of nitrogens with one attached hydrogen (secondary N) is 2. The second-order valence-electron chi connectivity index (χ2n) is 10.4. The Labute approximate surface area is 230 Å². The molecule has 0 bridgehead atoms. The first-order chi connectivity index (χ1) is 18.7. The maximum atomic E-state index is 13.9. The zero-order valence-corrected chi connectivity index (χ0v) is 23.0. The number of carbonyl (C=O) groups excluding carboxylic acids is 2. The van der Waals surface area contributed by atoms with Gasteiger partial charge in [-0.25, -0.2) is 4.98 Å². The molecule has 39 heavy (non-hydrogen) atoms. The van der Waals surface area contributed by atoms with Crippen LogP contribution in [0.2, 0.25) is 0 Å². The summed E-state index contributed by atoms with van der Waals surface area (Å²) in [6.45, 7) is 11.3. The van der Waals surface area contributed by atoms with Crippen LogP contribution in [0.15, 0.2) is 96.0 Å². The third-order valence-corrected chi connectivity index (χ3v) is 6.34. The van der Waals surface area contributed by atoms with Crippen molar-refractivity contribution in [2.75, 3.05) is 11.5 Å². The van der Waals surface area contributed by atoms with Crippen molar-refractivity contribution < 1.29 is 14.7 Å². The van der Waals surface area contributed by atoms with E-state index in [2.05, 4.69) is 47.8 Å². The second kappa shape index (κ2) is 13.5. The van der Waals surface area contributed by atoms with Crippen molar-refractivity contribution in [1.82, 2.24) is 15.3 Å². The SMILES string of the molecule is C=N/C=C\C=C(/C)C(C(=O)NC(CO)Cc1ccccc1)N(C(=O)c1cnc[nH]1)c1ccc(C(C)(C)C)cc1. The first kappa shape index (κ1) is 29.3. The minimum Gasteiger partial charge on any atom is -0.394 e. The van der Waals surface area contributed by atoms with E-state index in [0.717, 1.165) is 11.1 Å². The molecule has 8 nitrogen and oxygen atoms in total. The zero-order valence-electron chi connectivity index (χ0n) is 23.0. The fourth-order valence-electron chi connectivity index (χ4n) is 4.22. The van der Waals surface area contributed by atoms with Crippen molar-refractivity contribution in [3.05, 3.63) is 108 Å². The normalized spacial score (nSPS) is 13.6. The fraction of sp³-hybridized carbons (Fsp3) is 0.290. The zero-order chi connectivity index (χ0) is 28.4. The van der Waals surface area contributed by atoms with Gasteiger partial charge in [0.05, 0.1) is 25.2 Å². The average molecular weight is 528 g/mol. The molecule has 2 unspecified atom stereocenters. The Balaban J connectivity index is 2.07. The summed E-state index contributed by atoms with van der Waals surface area (Å²) < 4.78 is 0. The van der Waals surface area contributed by atoms with Gasteiger partial charge < -0.3 is 15.4 Å². The number of rotatable bonds is 11. The van der Waals surface area contributed by atoms with Gasteiger partial charge in [0.15, 0.2) is 0 Å². The van der Waals surface area contributed by atoms with E-state index in [1.54, 1.807) is 19.1 Å². The lowest BCUT2D eigenvalue weighted by molar-refractivity contribution is -0.122. The summed E-state index contributed by atoms with van der Waals surface area (Å²) in [5.41, 5.74) is 3.37. The Morgan fingerprint density at radius 2 is 1.85 bits per heavy atom. The molecule has 0 aliphatic heterocycles. The summed E-state index contributed by atoms with van der Waals surface area (Å²) in [7, 11) is 0. The first-order valence-corrected chi connectivity index (χ1v) is 12.8. The van der Waals surface area contributed by atoms with Crippen LogP contribution in [0.1, 0.15) is 49.3 Å². The Morgan fingerprint density at radius 3 is 2.41 bits per heavy atom. The third kappa shape index (κ3) is 7.85. The molecule has 2 atom stereocenters. The second-order valence-corrected chi connectivity index (χ2v) is 10.4. The van der Waals surface area contributed by atoms with E-state index in [1.165, 1.54) is 23.6 Å². The van der Waals surface area contributed by atoms with Gasteiger partial charge in [-0.05, 0) is 60.4 Å². The highest BCUT2D eigenvalue weighted by Crippen LogP contribution is 2.28. The van der Waals surface area contributed by atoms with E-state index in [0.29, 0.717) is 17.7 Å². The molecule has 0 radical (unpaired) electrons. The molecule has 3 aromatic rings. The van der Waals surface area contributed by atoms with Gasteiger partial charge in [0.2, 0.25) is 5.91 Å². The molecular formula is C31H37N5O3. The molecule has 2 amide bonds. The lowest BCUT2D eigenvalue weighted by Crippen LogP contribution is -2.54. The van der Waals surface area contributed by atoms with Crippen molar-refractivity contribution >= 4 is 24.2 Å². The van der Waals surface area contributed by atoms with Crippen LogP contribution in [0.3, 0.4) is 0 Å². The van der Waals surface area contributed by atoms with Gasteiger partial charge in [0.25, 0.3) is 5.91 Å². The number of carbonyl (C=O) groups is 2. The molecular weight excluding hydrogens is 490 g/mol. The number of H-pyrrole nitrogens is 1. The number of aromatic amines is 1. The van der Waals surface area contributed by atoms with E-state index >= 15 is 0 Å². The van der Waals surface area contributed by atoms with Gasteiger partial charge in [-0.15, -0.1) is 0 Å². The van der Waals surface area contributed by atoms with E-state index < -0.39 is 23.9 Å². The summed E-state index contributed by atoms with van der Waals surface area (Å²) in [4.78, 5) is 39.9. The van der Waals surface area contributed by atoms with Gasteiger partial charge in [-0.2, -0.15) is 0 Å². The minimum absolute atomic E-state index is 0.0857. The van der Waals surface area contributed by atoms with Gasteiger partial charge in [0, 0.05) is 11.9 Å². The quantitative estimate of drug-likeness (QED) is 0.250. The number of nitrogens with zero attached hydrogens (tertiary/aromatic N) is 3. The molecule has 0 aliphatic carbocycles. The molecule has 204 valence electrons. The Bertz CT molecular complexity index is 1290. The first-order valence-electron chi connectivity index (χ1n) is 12.8. The number of allylic oxidation sites excluding steroid dienone is 2. The Morgan fingerprint density at radius 1 is 1.15 bits per heavy atom. The molecule has 3 rings (SSSR count). The van der Waals surface area contributed by atoms with Crippen LogP contribution in [-0.2, 0) is 16.6 Å². The Hall–Kier alpha value is -4.30. The van der Waals surface area contributed by atoms with Crippen LogP contribution in [-0.4, -0.2) is 52.3 Å². The molecule has 1 heterocycles. The molecule has 0 saturated heterocycles. The van der Waals surface area contributed by atoms with Gasteiger partial charge >= 0.3 is 0 Å². The molecule has 0 fully saturated rings. The standard InChI is InChI=1S/C31H37N5O3/c1-22(10-9-17-32-5)28(29(38)35-25(20-37)18-23-11-7-6-8-12-23)36(30(39)27-19-33-21-34-27)26-15-13-24(14-16-26)31(2,3)4/h6-17,19,21,25,28,37H,5,18,20H2,1-4H3,(H,33,34)(H,35,38)/b17-9-,22-10+. The predicted octanol–water partition coefficient (Wildman–Crippen LogP) is 4.60. The Kier molecular flexibility index (Phi) is 10.1. The predicted molar refractivity (Wildman–Crippen MR) is 156 cm³/mol. The van der Waals surface area contributed by atoms with Crippen LogP contribution in [0.25, 0.3) is 0 Å². The molecule has 1 aromatic heterocycles. The maximum Gasteiger partial charge on any atom is 0.277 e. The van der Waals surface area contributed by atoms with Crippen LogP contribution in [0.5, 0.6) is 0 Å². The van der Waals surface area contributed by atoms with Gasteiger partial charge in [0.1, 0.15) is 11.7 Å². The molecule has 8 heteroatoms. The molecule has 3 N–H and O–H groups in total. The lowest BCUT2D eigenvalue weighted by atomic mass is 9.87. The molecule has 0 saturated carbocycles. The topological polar surface area (TPSA) is 111 Å². The van der Waals surface area contributed by atoms with Crippen LogP contribution in [0.4, 0.5) is 5.69 Å². The summed E-state index contributed by atoms with van der Waals surface area (Å²) in [6.07, 6.45) is 8.18. The number of hydrogen-bond acceptors (Lipinski definition) is 5. The number of aliphatic imine (C=N–C) groups is 1. The van der Waals surface area contributed by atoms with Gasteiger partial charge in [-0.3, -0.25) is 19.5 Å². The number of amides is 2. The largest absolute Gasteiger partial charge is 0.394 e. The smallest absolute Gasteiger partial charge is 0.277 e. The highest BCUT2D eigenvalue weighted by atomic mass is 16.3. The van der Waals surface area contributed by atoms with Crippen LogP contribution in [0, 0.1) is 0 Å². The summed E-state index contributed by atoms with van der Waals surface area (Å²) in [5.74, 6) is -0.843. The highest BCUT2D eigenvalue weighted by molar-refractivity contribution is 6.09. The fourth-order valence-corrected chi connectivity index (χ4v) is 4.22. The highest BCUT2D eigenvalue weighted by Gasteiger charge is 2.35. The molecule has 2 aromatic carbocycles. The monoisotopic (exact) mass is 527 g/mol. The lowest BCUT2D eigenvalue weighted by Gasteiger charge is -2.33. The van der Waals surface area contributed by atoms with Crippen molar-refractivity contribution in [2.45, 2.75) is 51.6 Å². The number of aromatic nitrogens is 2.